The third kappa shape index (κ3) is 4.98. The lowest BCUT2D eigenvalue weighted by Crippen LogP contribution is -1.76. The molecule has 0 aliphatic heterocycles. The Morgan fingerprint density at radius 2 is 2.07 bits per heavy atom. The van der Waals surface area contributed by atoms with Crippen LogP contribution in [0.1, 0.15) is 40.0 Å². The number of hydrogen-bond donors (Lipinski definition) is 0. The minimum Gasteiger partial charge on any atom is -0.108 e. The average Bonchev–Trinajstić information content (AvgIpc) is 2.34. The molecular weight excluding hydrogens is 211 g/mol. The molecule has 0 saturated carbocycles. The molecule has 1 aliphatic carbocycles. The summed E-state index contributed by atoms with van der Waals surface area (Å²) in [7, 11) is 2.68. The molecule has 0 spiro atoms. The van der Waals surface area contributed by atoms with Crippen molar-refractivity contribution in [2.45, 2.75) is 40.0 Å². The Hall–Kier alpha value is -0.0600. The second kappa shape index (κ2) is 8.26. The highest BCUT2D eigenvalue weighted by Crippen LogP contribution is 2.26. The van der Waals surface area contributed by atoms with Crippen LogP contribution in [0.5, 0.6) is 0 Å². The van der Waals surface area contributed by atoms with E-state index in [9.17, 15) is 0 Å². The lowest BCUT2D eigenvalue weighted by Gasteiger charge is -1.97. The van der Waals surface area contributed by atoms with Crippen LogP contribution < -0.4 is 0 Å². The van der Waals surface area contributed by atoms with Gasteiger partial charge in [0.25, 0.3) is 0 Å². The molecule has 0 nitrogen and oxygen atoms in total. The number of halogens is 1. The van der Waals surface area contributed by atoms with Gasteiger partial charge in [0.15, 0.2) is 0 Å². The van der Waals surface area contributed by atoms with Crippen molar-refractivity contribution in [3.05, 3.63) is 34.1 Å². The van der Waals surface area contributed by atoms with E-state index < -0.39 is 0 Å². The van der Waals surface area contributed by atoms with Gasteiger partial charge >= 0.3 is 0 Å². The fraction of sp³-hybridized carbons (Fsp3) is 0.500. The topological polar surface area (TPSA) is 0 Å². The Labute approximate surface area is 95.3 Å². The zero-order chi connectivity index (χ0) is 11.0. The van der Waals surface area contributed by atoms with Crippen molar-refractivity contribution >= 4 is 20.8 Å². The maximum absolute atomic E-state index is 6.04. The van der Waals surface area contributed by atoms with E-state index in [-0.39, 0.29) is 0 Å². The second-order valence-corrected chi connectivity index (χ2v) is 4.05. The first-order chi connectivity index (χ1) is 6.74. The van der Waals surface area contributed by atoms with Crippen LogP contribution in [-0.2, 0) is 0 Å². The Balaban J connectivity index is 0.000000791. The third-order valence-electron chi connectivity index (χ3n) is 1.83. The molecule has 1 rings (SSSR count). The molecule has 0 heterocycles. The summed E-state index contributed by atoms with van der Waals surface area (Å²) in [4.78, 5) is 0. The standard InChI is InChI=1S/C10H14ClP.C2H6/c1-2-4-8-5-3-6-10(12)9(11)7-8;1-2/h3,5,7H,2,4,6,12H2,1H3;1-2H3. The Kier molecular flexibility index (Phi) is 8.23. The van der Waals surface area contributed by atoms with Crippen molar-refractivity contribution in [3.63, 3.8) is 0 Å². The predicted octanol–water partition coefficient (Wildman–Crippen LogP) is 5.02. The summed E-state index contributed by atoms with van der Waals surface area (Å²) in [6.07, 6.45) is 9.64. The van der Waals surface area contributed by atoms with Gasteiger partial charge in [0, 0.05) is 5.03 Å². The minimum absolute atomic E-state index is 0.883. The van der Waals surface area contributed by atoms with Crippen LogP contribution in [0.2, 0.25) is 0 Å². The summed E-state index contributed by atoms with van der Waals surface area (Å²) in [5, 5.41) is 2.06. The molecule has 2 heteroatoms. The molecular formula is C12H20ClP. The van der Waals surface area contributed by atoms with Gasteiger partial charge in [-0.2, -0.15) is 0 Å². The molecule has 0 amide bonds. The smallest absolute Gasteiger partial charge is 0.0443 e. The van der Waals surface area contributed by atoms with E-state index in [0.29, 0.717) is 0 Å². The number of allylic oxidation sites excluding steroid dienone is 6. The molecule has 1 aliphatic rings. The van der Waals surface area contributed by atoms with Gasteiger partial charge in [0.2, 0.25) is 0 Å². The summed E-state index contributed by atoms with van der Waals surface area (Å²) < 4.78 is 0. The van der Waals surface area contributed by atoms with Crippen molar-refractivity contribution in [1.29, 1.82) is 0 Å². The van der Waals surface area contributed by atoms with Crippen molar-refractivity contribution < 1.29 is 0 Å². The molecule has 80 valence electrons. The molecule has 0 aromatic carbocycles. The number of rotatable bonds is 2. The molecule has 1 unspecified atom stereocenters. The zero-order valence-corrected chi connectivity index (χ0v) is 11.2. The van der Waals surface area contributed by atoms with E-state index in [1.165, 1.54) is 17.3 Å². The van der Waals surface area contributed by atoms with Crippen LogP contribution in [0.4, 0.5) is 0 Å². The lowest BCUT2D eigenvalue weighted by molar-refractivity contribution is 0.926. The van der Waals surface area contributed by atoms with E-state index in [4.69, 9.17) is 11.6 Å². The van der Waals surface area contributed by atoms with Crippen LogP contribution in [0.25, 0.3) is 0 Å². The van der Waals surface area contributed by atoms with Crippen molar-refractivity contribution in [3.8, 4) is 0 Å². The first-order valence-corrected chi connectivity index (χ1v) is 6.20. The van der Waals surface area contributed by atoms with Gasteiger partial charge < -0.3 is 0 Å². The van der Waals surface area contributed by atoms with Gasteiger partial charge in [-0.05, 0) is 29.8 Å². The molecule has 0 bridgehead atoms. The summed E-state index contributed by atoms with van der Waals surface area (Å²) in [5.41, 5.74) is 1.33. The van der Waals surface area contributed by atoms with Gasteiger partial charge in [-0.3, -0.25) is 0 Å². The van der Waals surface area contributed by atoms with Gasteiger partial charge in [0.1, 0.15) is 0 Å². The monoisotopic (exact) mass is 230 g/mol. The Bertz CT molecular complexity index is 249. The quantitative estimate of drug-likeness (QED) is 0.584. The van der Waals surface area contributed by atoms with E-state index in [2.05, 4.69) is 34.4 Å². The highest BCUT2D eigenvalue weighted by molar-refractivity contribution is 7.22. The third-order valence-corrected chi connectivity index (χ3v) is 2.91. The normalized spacial score (nSPS) is 15.6. The first-order valence-electron chi connectivity index (χ1n) is 5.25. The maximum atomic E-state index is 6.04. The summed E-state index contributed by atoms with van der Waals surface area (Å²) in [6.45, 7) is 6.18. The SMILES string of the molecule is CC.CCCC1=CC(Cl)=C(P)CC=C1. The molecule has 0 saturated heterocycles. The molecule has 0 aromatic heterocycles. The van der Waals surface area contributed by atoms with Gasteiger partial charge in [-0.1, -0.05) is 50.9 Å². The molecule has 0 aromatic rings. The van der Waals surface area contributed by atoms with E-state index in [1.807, 2.05) is 13.8 Å². The molecule has 0 N–H and O–H groups in total. The molecule has 1 atom stereocenters. The van der Waals surface area contributed by atoms with Crippen LogP contribution in [0.3, 0.4) is 0 Å². The van der Waals surface area contributed by atoms with Crippen LogP contribution in [0.15, 0.2) is 34.1 Å². The van der Waals surface area contributed by atoms with Crippen molar-refractivity contribution in [2.75, 3.05) is 0 Å². The maximum Gasteiger partial charge on any atom is 0.0443 e. The predicted molar refractivity (Wildman–Crippen MR) is 70.7 cm³/mol. The van der Waals surface area contributed by atoms with E-state index in [1.54, 1.807) is 0 Å². The van der Waals surface area contributed by atoms with Crippen molar-refractivity contribution in [2.24, 2.45) is 0 Å². The van der Waals surface area contributed by atoms with Gasteiger partial charge in [-0.25, -0.2) is 0 Å². The van der Waals surface area contributed by atoms with Gasteiger partial charge in [0.05, 0.1) is 0 Å². The van der Waals surface area contributed by atoms with Crippen LogP contribution >= 0.6 is 20.8 Å². The van der Waals surface area contributed by atoms with E-state index >= 15 is 0 Å². The second-order valence-electron chi connectivity index (χ2n) is 2.95. The highest BCUT2D eigenvalue weighted by Gasteiger charge is 2.01. The summed E-state index contributed by atoms with van der Waals surface area (Å²) in [5.74, 6) is 0. The lowest BCUT2D eigenvalue weighted by atomic mass is 10.1. The Morgan fingerprint density at radius 3 is 2.64 bits per heavy atom. The van der Waals surface area contributed by atoms with Crippen LogP contribution in [0, 0.1) is 0 Å². The highest BCUT2D eigenvalue weighted by atomic mass is 35.5. The molecule has 14 heavy (non-hydrogen) atoms. The molecule has 0 fully saturated rings. The van der Waals surface area contributed by atoms with E-state index in [0.717, 1.165) is 17.9 Å². The first kappa shape index (κ1) is 13.9. The average molecular weight is 231 g/mol. The van der Waals surface area contributed by atoms with Gasteiger partial charge in [-0.15, -0.1) is 9.24 Å². The summed E-state index contributed by atoms with van der Waals surface area (Å²) in [6, 6.07) is 0. The Morgan fingerprint density at radius 1 is 1.43 bits per heavy atom. The fourth-order valence-corrected chi connectivity index (χ4v) is 1.62. The van der Waals surface area contributed by atoms with Crippen LogP contribution in [-0.4, -0.2) is 0 Å². The largest absolute Gasteiger partial charge is 0.108 e. The molecule has 0 radical (unpaired) electrons. The number of hydrogen-bond acceptors (Lipinski definition) is 0. The zero-order valence-electron chi connectivity index (χ0n) is 9.31. The van der Waals surface area contributed by atoms with Crippen molar-refractivity contribution in [1.82, 2.24) is 0 Å². The fourth-order valence-electron chi connectivity index (χ4n) is 1.18. The summed E-state index contributed by atoms with van der Waals surface area (Å²) >= 11 is 6.04. The minimum atomic E-state index is 0.883.